The third-order valence-corrected chi connectivity index (χ3v) is 3.79. The van der Waals surface area contributed by atoms with E-state index in [1.54, 1.807) is 18.2 Å². The summed E-state index contributed by atoms with van der Waals surface area (Å²) in [6, 6.07) is 11.2. The second-order valence-corrected chi connectivity index (χ2v) is 5.39. The van der Waals surface area contributed by atoms with E-state index < -0.39 is 0 Å². The molecule has 2 aromatic carbocycles. The van der Waals surface area contributed by atoms with Crippen molar-refractivity contribution in [2.45, 2.75) is 13.8 Å². The van der Waals surface area contributed by atoms with Gasteiger partial charge in [0.2, 0.25) is 0 Å². The first-order valence-electron chi connectivity index (χ1n) is 7.76. The zero-order chi connectivity index (χ0) is 17.5. The first kappa shape index (κ1) is 17.7. The van der Waals surface area contributed by atoms with Crippen LogP contribution in [0.3, 0.4) is 0 Å². The van der Waals surface area contributed by atoms with E-state index in [0.29, 0.717) is 30.2 Å². The Hall–Kier alpha value is -2.69. The third-order valence-electron chi connectivity index (χ3n) is 3.79. The van der Waals surface area contributed by atoms with E-state index in [2.05, 4.69) is 12.2 Å². The average Bonchev–Trinajstić information content (AvgIpc) is 2.60. The van der Waals surface area contributed by atoms with Crippen LogP contribution in [-0.4, -0.2) is 33.3 Å². The predicted molar refractivity (Wildman–Crippen MR) is 93.3 cm³/mol. The van der Waals surface area contributed by atoms with Crippen molar-refractivity contribution in [1.29, 1.82) is 0 Å². The number of rotatable bonds is 7. The molecule has 0 saturated carbocycles. The van der Waals surface area contributed by atoms with Gasteiger partial charge in [-0.2, -0.15) is 0 Å². The van der Waals surface area contributed by atoms with Crippen LogP contribution in [0.25, 0.3) is 0 Å². The zero-order valence-electron chi connectivity index (χ0n) is 14.5. The van der Waals surface area contributed by atoms with Gasteiger partial charge in [0.25, 0.3) is 5.91 Å². The molecule has 0 spiro atoms. The fourth-order valence-electron chi connectivity index (χ4n) is 2.30. The minimum absolute atomic E-state index is 0.256. The largest absolute Gasteiger partial charge is 0.496 e. The van der Waals surface area contributed by atoms with Gasteiger partial charge in [-0.05, 0) is 49.2 Å². The molecule has 5 nitrogen and oxygen atoms in total. The molecule has 0 heterocycles. The van der Waals surface area contributed by atoms with Crippen molar-refractivity contribution in [3.8, 4) is 17.2 Å². The molecule has 1 N–H and O–H groups in total. The highest BCUT2D eigenvalue weighted by atomic mass is 16.5. The Morgan fingerprint density at radius 1 is 1.00 bits per heavy atom. The highest BCUT2D eigenvalue weighted by Gasteiger charge is 2.17. The molecule has 2 aromatic rings. The SMILES string of the molecule is COc1cccc(OC)c1C(=O)NCCOc1ccc(C)c(C)c1. The van der Waals surface area contributed by atoms with Gasteiger partial charge in [-0.3, -0.25) is 4.79 Å². The number of benzene rings is 2. The summed E-state index contributed by atoms with van der Waals surface area (Å²) in [5, 5.41) is 2.82. The van der Waals surface area contributed by atoms with E-state index in [0.717, 1.165) is 5.75 Å². The molecule has 0 aliphatic rings. The van der Waals surface area contributed by atoms with E-state index >= 15 is 0 Å². The van der Waals surface area contributed by atoms with Gasteiger partial charge in [-0.15, -0.1) is 0 Å². The lowest BCUT2D eigenvalue weighted by atomic mass is 10.1. The van der Waals surface area contributed by atoms with Gasteiger partial charge in [0, 0.05) is 0 Å². The van der Waals surface area contributed by atoms with E-state index in [1.165, 1.54) is 25.3 Å². The Morgan fingerprint density at radius 3 is 2.25 bits per heavy atom. The quantitative estimate of drug-likeness (QED) is 0.793. The van der Waals surface area contributed by atoms with Gasteiger partial charge in [0.15, 0.2) is 0 Å². The maximum Gasteiger partial charge on any atom is 0.258 e. The highest BCUT2D eigenvalue weighted by Crippen LogP contribution is 2.27. The summed E-state index contributed by atoms with van der Waals surface area (Å²) in [6.07, 6.45) is 0. The second-order valence-electron chi connectivity index (χ2n) is 5.39. The molecule has 5 heteroatoms. The number of carbonyl (C=O) groups is 1. The Balaban J connectivity index is 1.93. The number of hydrogen-bond donors (Lipinski definition) is 1. The second kappa shape index (κ2) is 8.24. The van der Waals surface area contributed by atoms with Gasteiger partial charge >= 0.3 is 0 Å². The van der Waals surface area contributed by atoms with Gasteiger partial charge in [-0.1, -0.05) is 12.1 Å². The lowest BCUT2D eigenvalue weighted by Gasteiger charge is -2.13. The summed E-state index contributed by atoms with van der Waals surface area (Å²) >= 11 is 0. The number of hydrogen-bond acceptors (Lipinski definition) is 4. The summed E-state index contributed by atoms with van der Waals surface area (Å²) in [4.78, 5) is 12.4. The number of nitrogens with one attached hydrogen (secondary N) is 1. The Labute approximate surface area is 142 Å². The lowest BCUT2D eigenvalue weighted by Crippen LogP contribution is -2.28. The maximum atomic E-state index is 12.4. The zero-order valence-corrected chi connectivity index (χ0v) is 14.5. The lowest BCUT2D eigenvalue weighted by molar-refractivity contribution is 0.0940. The normalized spacial score (nSPS) is 10.2. The molecule has 24 heavy (non-hydrogen) atoms. The first-order valence-corrected chi connectivity index (χ1v) is 7.76. The van der Waals surface area contributed by atoms with E-state index in [4.69, 9.17) is 14.2 Å². The molecular formula is C19H23NO4. The summed E-state index contributed by atoms with van der Waals surface area (Å²) in [5.74, 6) is 1.49. The Morgan fingerprint density at radius 2 is 1.67 bits per heavy atom. The van der Waals surface area contributed by atoms with Crippen LogP contribution < -0.4 is 19.5 Å². The number of aryl methyl sites for hydroxylation is 2. The average molecular weight is 329 g/mol. The minimum atomic E-state index is -0.256. The van der Waals surface area contributed by atoms with Crippen molar-refractivity contribution in [2.75, 3.05) is 27.4 Å². The Kier molecular flexibility index (Phi) is 6.07. The smallest absolute Gasteiger partial charge is 0.258 e. The van der Waals surface area contributed by atoms with Crippen molar-refractivity contribution in [2.24, 2.45) is 0 Å². The van der Waals surface area contributed by atoms with Gasteiger partial charge in [0.05, 0.1) is 20.8 Å². The standard InChI is InChI=1S/C19H23NO4/c1-13-8-9-15(12-14(13)2)24-11-10-20-19(21)18-16(22-3)6-5-7-17(18)23-4/h5-9,12H,10-11H2,1-4H3,(H,20,21). The number of ether oxygens (including phenoxy) is 3. The molecule has 0 aliphatic carbocycles. The minimum Gasteiger partial charge on any atom is -0.496 e. The van der Waals surface area contributed by atoms with Crippen LogP contribution in [0.2, 0.25) is 0 Å². The van der Waals surface area contributed by atoms with Crippen molar-refractivity contribution in [1.82, 2.24) is 5.32 Å². The van der Waals surface area contributed by atoms with Crippen molar-refractivity contribution in [3.63, 3.8) is 0 Å². The molecule has 128 valence electrons. The number of carbonyl (C=O) groups excluding carboxylic acids is 1. The van der Waals surface area contributed by atoms with Crippen molar-refractivity contribution >= 4 is 5.91 Å². The third kappa shape index (κ3) is 4.19. The maximum absolute atomic E-state index is 12.4. The van der Waals surface area contributed by atoms with Crippen molar-refractivity contribution < 1.29 is 19.0 Å². The van der Waals surface area contributed by atoms with E-state index in [-0.39, 0.29) is 5.91 Å². The van der Waals surface area contributed by atoms with Gasteiger partial charge in [0.1, 0.15) is 29.4 Å². The molecule has 0 atom stereocenters. The summed E-state index contributed by atoms with van der Waals surface area (Å²) in [5.41, 5.74) is 2.78. The van der Waals surface area contributed by atoms with Crippen LogP contribution in [0.1, 0.15) is 21.5 Å². The van der Waals surface area contributed by atoms with Gasteiger partial charge < -0.3 is 19.5 Å². The van der Waals surface area contributed by atoms with Crippen LogP contribution in [-0.2, 0) is 0 Å². The van der Waals surface area contributed by atoms with Crippen LogP contribution in [0.5, 0.6) is 17.2 Å². The summed E-state index contributed by atoms with van der Waals surface area (Å²) in [6.45, 7) is 4.86. The highest BCUT2D eigenvalue weighted by molar-refractivity contribution is 5.99. The molecule has 0 aliphatic heterocycles. The molecule has 0 unspecified atom stereocenters. The van der Waals surface area contributed by atoms with Crippen LogP contribution >= 0.6 is 0 Å². The molecule has 2 rings (SSSR count). The van der Waals surface area contributed by atoms with Gasteiger partial charge in [-0.25, -0.2) is 0 Å². The molecular weight excluding hydrogens is 306 g/mol. The molecule has 0 fully saturated rings. The van der Waals surface area contributed by atoms with E-state index in [1.807, 2.05) is 25.1 Å². The summed E-state index contributed by atoms with van der Waals surface area (Å²) in [7, 11) is 3.04. The van der Waals surface area contributed by atoms with E-state index in [9.17, 15) is 4.79 Å². The molecule has 0 aromatic heterocycles. The van der Waals surface area contributed by atoms with Crippen molar-refractivity contribution in [3.05, 3.63) is 53.1 Å². The monoisotopic (exact) mass is 329 g/mol. The number of amides is 1. The summed E-state index contributed by atoms with van der Waals surface area (Å²) < 4.78 is 16.1. The first-order chi connectivity index (χ1) is 11.6. The Bertz CT molecular complexity index is 690. The fourth-order valence-corrected chi connectivity index (χ4v) is 2.30. The number of methoxy groups -OCH3 is 2. The topological polar surface area (TPSA) is 56.8 Å². The predicted octanol–water partition coefficient (Wildman–Crippen LogP) is 3.13. The van der Waals surface area contributed by atoms with Crippen LogP contribution in [0.15, 0.2) is 36.4 Å². The molecule has 0 bridgehead atoms. The molecule has 1 amide bonds. The fraction of sp³-hybridized carbons (Fsp3) is 0.316. The van der Waals surface area contributed by atoms with Crippen LogP contribution in [0.4, 0.5) is 0 Å². The molecule has 0 saturated heterocycles. The van der Waals surface area contributed by atoms with Crippen LogP contribution in [0, 0.1) is 13.8 Å². The molecule has 0 radical (unpaired) electrons.